The topological polar surface area (TPSA) is 46.5 Å². The Balaban J connectivity index is 2.20. The molecule has 0 heterocycles. The maximum Gasteiger partial charge on any atom is 0.328 e. The third-order valence-corrected chi connectivity index (χ3v) is 3.85. The number of carboxylic acid groups (broad SMARTS) is 1. The molecule has 5 heteroatoms. The van der Waals surface area contributed by atoms with Gasteiger partial charge in [0, 0.05) is 15.6 Å². The average Bonchev–Trinajstić information content (AvgIpc) is 2.42. The van der Waals surface area contributed by atoms with E-state index in [0.717, 1.165) is 21.7 Å². The maximum atomic E-state index is 10.5. The second-order valence-corrected chi connectivity index (χ2v) is 5.63. The van der Waals surface area contributed by atoms with Gasteiger partial charge in [-0.1, -0.05) is 33.6 Å². The van der Waals surface area contributed by atoms with Crippen LogP contribution in [0.3, 0.4) is 0 Å². The van der Waals surface area contributed by atoms with E-state index in [-0.39, 0.29) is 0 Å². The van der Waals surface area contributed by atoms with E-state index in [0.29, 0.717) is 16.5 Å². The summed E-state index contributed by atoms with van der Waals surface area (Å²) >= 11 is 9.36. The number of hydrogen-bond acceptors (Lipinski definition) is 2. The zero-order valence-electron chi connectivity index (χ0n) is 11.1. The van der Waals surface area contributed by atoms with Crippen molar-refractivity contribution in [2.75, 3.05) is 0 Å². The average molecular weight is 368 g/mol. The van der Waals surface area contributed by atoms with E-state index >= 15 is 0 Å². The number of aliphatic carboxylic acids is 1. The van der Waals surface area contributed by atoms with E-state index < -0.39 is 5.97 Å². The standard InChI is InChI=1S/C16H12BrClO3/c1-10-8-12(5-6-15(10)18)21-13-4-2-11(14(17)9-13)3-7-16(19)20/h2-9H,1H3,(H,19,20)/b7-3+. The quantitative estimate of drug-likeness (QED) is 0.746. The van der Waals surface area contributed by atoms with Crippen LogP contribution in [0.15, 0.2) is 46.9 Å². The van der Waals surface area contributed by atoms with Crippen molar-refractivity contribution in [3.05, 3.63) is 63.1 Å². The molecule has 0 aliphatic heterocycles. The molecule has 2 aromatic rings. The van der Waals surface area contributed by atoms with E-state index in [2.05, 4.69) is 15.9 Å². The predicted molar refractivity (Wildman–Crippen MR) is 87.1 cm³/mol. The van der Waals surface area contributed by atoms with Crippen LogP contribution in [0.1, 0.15) is 11.1 Å². The maximum absolute atomic E-state index is 10.5. The van der Waals surface area contributed by atoms with E-state index in [1.54, 1.807) is 30.3 Å². The third kappa shape index (κ3) is 4.34. The lowest BCUT2D eigenvalue weighted by molar-refractivity contribution is -0.131. The van der Waals surface area contributed by atoms with Crippen LogP contribution in [0.2, 0.25) is 5.02 Å². The molecule has 21 heavy (non-hydrogen) atoms. The normalized spacial score (nSPS) is 10.8. The molecule has 0 spiro atoms. The molecule has 0 aliphatic carbocycles. The van der Waals surface area contributed by atoms with Crippen molar-refractivity contribution in [1.29, 1.82) is 0 Å². The minimum Gasteiger partial charge on any atom is -0.478 e. The highest BCUT2D eigenvalue weighted by molar-refractivity contribution is 9.10. The summed E-state index contributed by atoms with van der Waals surface area (Å²) in [6.45, 7) is 1.91. The van der Waals surface area contributed by atoms with Gasteiger partial charge in [-0.05, 0) is 54.5 Å². The summed E-state index contributed by atoms with van der Waals surface area (Å²) in [5.74, 6) is 0.354. The van der Waals surface area contributed by atoms with Crippen molar-refractivity contribution in [2.45, 2.75) is 6.92 Å². The van der Waals surface area contributed by atoms with Gasteiger partial charge in [-0.25, -0.2) is 4.79 Å². The van der Waals surface area contributed by atoms with Gasteiger partial charge in [0.15, 0.2) is 0 Å². The highest BCUT2D eigenvalue weighted by Gasteiger charge is 2.03. The highest BCUT2D eigenvalue weighted by Crippen LogP contribution is 2.29. The first-order chi connectivity index (χ1) is 9.95. The molecule has 108 valence electrons. The third-order valence-electron chi connectivity index (χ3n) is 2.74. The first kappa shape index (κ1) is 15.6. The summed E-state index contributed by atoms with van der Waals surface area (Å²) < 4.78 is 6.50. The van der Waals surface area contributed by atoms with Crippen LogP contribution < -0.4 is 4.74 Å². The molecule has 1 N–H and O–H groups in total. The molecule has 0 fully saturated rings. The zero-order chi connectivity index (χ0) is 15.4. The summed E-state index contributed by atoms with van der Waals surface area (Å²) in [5.41, 5.74) is 1.70. The lowest BCUT2D eigenvalue weighted by Crippen LogP contribution is -1.88. The van der Waals surface area contributed by atoms with Gasteiger partial charge in [0.25, 0.3) is 0 Å². The van der Waals surface area contributed by atoms with Gasteiger partial charge in [0.1, 0.15) is 11.5 Å². The molecule has 0 aliphatic rings. The van der Waals surface area contributed by atoms with Gasteiger partial charge >= 0.3 is 5.97 Å². The first-order valence-electron chi connectivity index (χ1n) is 6.10. The number of hydrogen-bond donors (Lipinski definition) is 1. The predicted octanol–water partition coefficient (Wildman–Crippen LogP) is 5.30. The zero-order valence-corrected chi connectivity index (χ0v) is 13.5. The molecule has 0 amide bonds. The smallest absolute Gasteiger partial charge is 0.328 e. The Morgan fingerprint density at radius 3 is 2.52 bits per heavy atom. The van der Waals surface area contributed by atoms with Crippen molar-refractivity contribution in [2.24, 2.45) is 0 Å². The van der Waals surface area contributed by atoms with Gasteiger partial charge in [0.05, 0.1) is 0 Å². The van der Waals surface area contributed by atoms with Gasteiger partial charge in [-0.15, -0.1) is 0 Å². The number of carboxylic acids is 1. The number of benzene rings is 2. The molecule has 0 atom stereocenters. The summed E-state index contributed by atoms with van der Waals surface area (Å²) in [6, 6.07) is 10.8. The Kier molecular flexibility index (Phi) is 5.04. The molecule has 3 nitrogen and oxygen atoms in total. The molecule has 0 radical (unpaired) electrons. The van der Waals surface area contributed by atoms with Crippen molar-refractivity contribution < 1.29 is 14.6 Å². The summed E-state index contributed by atoms with van der Waals surface area (Å²) in [6.07, 6.45) is 2.60. The van der Waals surface area contributed by atoms with Gasteiger partial charge in [-0.3, -0.25) is 0 Å². The van der Waals surface area contributed by atoms with Crippen LogP contribution in [-0.2, 0) is 4.79 Å². The Morgan fingerprint density at radius 2 is 1.90 bits per heavy atom. The Morgan fingerprint density at radius 1 is 1.24 bits per heavy atom. The second kappa shape index (κ2) is 6.78. The van der Waals surface area contributed by atoms with Crippen LogP contribution >= 0.6 is 27.5 Å². The fraction of sp³-hybridized carbons (Fsp3) is 0.0625. The van der Waals surface area contributed by atoms with Crippen LogP contribution in [-0.4, -0.2) is 11.1 Å². The summed E-state index contributed by atoms with van der Waals surface area (Å²) in [4.78, 5) is 10.5. The molecular weight excluding hydrogens is 356 g/mol. The van der Waals surface area contributed by atoms with E-state index in [4.69, 9.17) is 21.4 Å². The highest BCUT2D eigenvalue weighted by atomic mass is 79.9. The second-order valence-electron chi connectivity index (χ2n) is 4.37. The first-order valence-corrected chi connectivity index (χ1v) is 7.27. The van der Waals surface area contributed by atoms with Crippen molar-refractivity contribution in [3.8, 4) is 11.5 Å². The lowest BCUT2D eigenvalue weighted by atomic mass is 10.2. The lowest BCUT2D eigenvalue weighted by Gasteiger charge is -2.08. The fourth-order valence-corrected chi connectivity index (χ4v) is 2.29. The van der Waals surface area contributed by atoms with Crippen LogP contribution in [0.25, 0.3) is 6.08 Å². The van der Waals surface area contributed by atoms with Gasteiger partial charge in [0.2, 0.25) is 0 Å². The molecule has 0 saturated heterocycles. The van der Waals surface area contributed by atoms with Gasteiger partial charge in [-0.2, -0.15) is 0 Å². The molecule has 0 bridgehead atoms. The monoisotopic (exact) mass is 366 g/mol. The van der Waals surface area contributed by atoms with Gasteiger partial charge < -0.3 is 9.84 Å². The minimum atomic E-state index is -0.987. The van der Waals surface area contributed by atoms with Crippen LogP contribution in [0, 0.1) is 6.92 Å². The molecule has 0 saturated carbocycles. The molecule has 0 aromatic heterocycles. The Hall–Kier alpha value is -1.78. The number of ether oxygens (including phenoxy) is 1. The number of carbonyl (C=O) groups is 1. The van der Waals surface area contributed by atoms with E-state index in [1.165, 1.54) is 6.08 Å². The van der Waals surface area contributed by atoms with Crippen molar-refractivity contribution in [1.82, 2.24) is 0 Å². The molecule has 2 rings (SSSR count). The molecule has 2 aromatic carbocycles. The van der Waals surface area contributed by atoms with Crippen LogP contribution in [0.4, 0.5) is 0 Å². The number of halogens is 2. The van der Waals surface area contributed by atoms with E-state index in [1.807, 2.05) is 13.0 Å². The van der Waals surface area contributed by atoms with Crippen LogP contribution in [0.5, 0.6) is 11.5 Å². The summed E-state index contributed by atoms with van der Waals surface area (Å²) in [7, 11) is 0. The SMILES string of the molecule is Cc1cc(Oc2ccc(/C=C/C(=O)O)c(Br)c2)ccc1Cl. The molecule has 0 unspecified atom stereocenters. The largest absolute Gasteiger partial charge is 0.478 e. The van der Waals surface area contributed by atoms with Crippen molar-refractivity contribution in [3.63, 3.8) is 0 Å². The minimum absolute atomic E-state index is 0.649. The summed E-state index contributed by atoms with van der Waals surface area (Å²) in [5, 5.41) is 9.32. The fourth-order valence-electron chi connectivity index (χ4n) is 1.68. The number of rotatable bonds is 4. The van der Waals surface area contributed by atoms with Crippen molar-refractivity contribution >= 4 is 39.6 Å². The number of aryl methyl sites for hydroxylation is 1. The Labute approximate surface area is 135 Å². The Bertz CT molecular complexity index is 711. The molecular formula is C16H12BrClO3. The van der Waals surface area contributed by atoms with E-state index in [9.17, 15) is 4.79 Å².